The van der Waals surface area contributed by atoms with Crippen molar-refractivity contribution < 1.29 is 64.6 Å². The number of ether oxygens (including phenoxy) is 4. The maximum Gasteiger partial charge on any atom is 0.220 e. The molecule has 2 aliphatic rings. The molecule has 2 saturated heterocycles. The Morgan fingerprint density at radius 1 is 0.438 bits per heavy atom. The molecule has 0 radical (unpaired) electrons. The monoisotopic (exact) mass is 1140 g/mol. The second-order valence-electron chi connectivity index (χ2n) is 24.0. The zero-order valence-electron chi connectivity index (χ0n) is 51.1. The molecule has 2 rings (SSSR count). The maximum atomic E-state index is 13.3. The van der Waals surface area contributed by atoms with Gasteiger partial charge in [0.2, 0.25) is 5.91 Å². The van der Waals surface area contributed by atoms with Gasteiger partial charge in [0, 0.05) is 6.42 Å². The summed E-state index contributed by atoms with van der Waals surface area (Å²) in [5, 5.41) is 87.3. The molecule has 14 nitrogen and oxygen atoms in total. The second-order valence-corrected chi connectivity index (χ2v) is 24.0. The summed E-state index contributed by atoms with van der Waals surface area (Å²) in [7, 11) is 0. The summed E-state index contributed by atoms with van der Waals surface area (Å²) < 4.78 is 22.8. The molecule has 9 N–H and O–H groups in total. The topological polar surface area (TPSA) is 228 Å². The van der Waals surface area contributed by atoms with Crippen molar-refractivity contribution in [2.75, 3.05) is 19.8 Å². The lowest BCUT2D eigenvalue weighted by atomic mass is 9.97. The van der Waals surface area contributed by atoms with Gasteiger partial charge in [-0.3, -0.25) is 4.79 Å². The Hall–Kier alpha value is -1.53. The van der Waals surface area contributed by atoms with E-state index in [1.165, 1.54) is 231 Å². The number of hydrogen-bond acceptors (Lipinski definition) is 13. The summed E-state index contributed by atoms with van der Waals surface area (Å²) in [6, 6.07) is -0.913. The van der Waals surface area contributed by atoms with Crippen LogP contribution in [0.3, 0.4) is 0 Å². The van der Waals surface area contributed by atoms with Gasteiger partial charge in [-0.2, -0.15) is 0 Å². The maximum absolute atomic E-state index is 13.3. The minimum atomic E-state index is -1.79. The molecule has 14 heteroatoms. The van der Waals surface area contributed by atoms with E-state index in [4.69, 9.17) is 18.9 Å². The molecule has 0 aromatic rings. The first kappa shape index (κ1) is 74.6. The first-order chi connectivity index (χ1) is 39.1. The van der Waals surface area contributed by atoms with Gasteiger partial charge in [0.1, 0.15) is 48.8 Å². The van der Waals surface area contributed by atoms with Gasteiger partial charge in [0.25, 0.3) is 0 Å². The van der Waals surface area contributed by atoms with Crippen LogP contribution < -0.4 is 5.32 Å². The molecule has 0 spiro atoms. The van der Waals surface area contributed by atoms with Crippen molar-refractivity contribution in [3.05, 3.63) is 24.3 Å². The van der Waals surface area contributed by atoms with Crippen LogP contribution in [0.4, 0.5) is 0 Å². The van der Waals surface area contributed by atoms with Crippen LogP contribution in [0.2, 0.25) is 0 Å². The quantitative estimate of drug-likeness (QED) is 0.0204. The Bertz CT molecular complexity index is 1440. The fourth-order valence-corrected chi connectivity index (χ4v) is 11.2. The highest BCUT2D eigenvalue weighted by Crippen LogP contribution is 2.30. The molecule has 0 saturated carbocycles. The third-order valence-electron chi connectivity index (χ3n) is 16.6. The molecular weight excluding hydrogens is 1010 g/mol. The van der Waals surface area contributed by atoms with E-state index >= 15 is 0 Å². The largest absolute Gasteiger partial charge is 0.394 e. The van der Waals surface area contributed by atoms with E-state index < -0.39 is 86.8 Å². The molecule has 0 aromatic carbocycles. The summed E-state index contributed by atoms with van der Waals surface area (Å²) in [4.78, 5) is 13.3. The van der Waals surface area contributed by atoms with Gasteiger partial charge in [0.15, 0.2) is 12.6 Å². The number of unbranched alkanes of at least 4 members (excludes halogenated alkanes) is 40. The van der Waals surface area contributed by atoms with Gasteiger partial charge in [-0.1, -0.05) is 269 Å². The van der Waals surface area contributed by atoms with Crippen LogP contribution in [0, 0.1) is 0 Å². The van der Waals surface area contributed by atoms with Crippen LogP contribution >= 0.6 is 0 Å². The first-order valence-electron chi connectivity index (χ1n) is 33.6. The van der Waals surface area contributed by atoms with Crippen molar-refractivity contribution in [3.8, 4) is 0 Å². The molecule has 2 fully saturated rings. The lowest BCUT2D eigenvalue weighted by molar-refractivity contribution is -0.359. The average molecular weight is 1140 g/mol. The van der Waals surface area contributed by atoms with Gasteiger partial charge in [-0.25, -0.2) is 0 Å². The highest BCUT2D eigenvalue weighted by atomic mass is 16.7. The highest BCUT2D eigenvalue weighted by Gasteiger charge is 2.51. The van der Waals surface area contributed by atoms with E-state index in [0.29, 0.717) is 6.42 Å². The normalized spacial score (nSPS) is 24.3. The van der Waals surface area contributed by atoms with Crippen molar-refractivity contribution in [1.29, 1.82) is 0 Å². The molecule has 12 atom stereocenters. The third-order valence-corrected chi connectivity index (χ3v) is 16.6. The lowest BCUT2D eigenvalue weighted by Gasteiger charge is -2.46. The summed E-state index contributed by atoms with van der Waals surface area (Å²) in [6.07, 6.45) is 46.5. The zero-order valence-corrected chi connectivity index (χ0v) is 51.1. The summed E-state index contributed by atoms with van der Waals surface area (Å²) in [5.74, 6) is -0.234. The Labute approximate surface area is 488 Å². The van der Waals surface area contributed by atoms with Crippen molar-refractivity contribution in [1.82, 2.24) is 5.32 Å². The minimum absolute atomic E-state index is 0.234. The Morgan fingerprint density at radius 3 is 1.19 bits per heavy atom. The predicted octanol–water partition coefficient (Wildman–Crippen LogP) is 12.8. The molecule has 80 heavy (non-hydrogen) atoms. The Morgan fingerprint density at radius 2 is 0.787 bits per heavy atom. The fraction of sp³-hybridized carbons (Fsp3) is 0.924. The molecule has 1 amide bonds. The lowest BCUT2D eigenvalue weighted by Crippen LogP contribution is -2.65. The van der Waals surface area contributed by atoms with Gasteiger partial charge in [0.05, 0.1) is 32.0 Å². The summed E-state index contributed by atoms with van der Waals surface area (Å²) >= 11 is 0. The SMILES string of the molecule is CCCCCCCCCC/C=C\CCCCCCCCCCCCCCCCCC(=O)NC(COC1OC(CO)C(OC2OC(CO)C(O)C(O)C2O)C(O)C1O)C(O)/C=C/CCCCCCCCCCCCCCCCCCC. The zero-order chi connectivity index (χ0) is 58.1. The minimum Gasteiger partial charge on any atom is -0.394 e. The number of hydrogen-bond donors (Lipinski definition) is 9. The Kier molecular flexibility index (Phi) is 48.3. The van der Waals surface area contributed by atoms with E-state index in [-0.39, 0.29) is 18.9 Å². The predicted molar refractivity (Wildman–Crippen MR) is 323 cm³/mol. The van der Waals surface area contributed by atoms with E-state index in [1.807, 2.05) is 6.08 Å². The number of nitrogens with one attached hydrogen (secondary N) is 1. The van der Waals surface area contributed by atoms with E-state index in [0.717, 1.165) is 38.5 Å². The van der Waals surface area contributed by atoms with Gasteiger partial charge in [-0.05, 0) is 44.9 Å². The van der Waals surface area contributed by atoms with E-state index in [2.05, 4.69) is 31.3 Å². The molecule has 0 bridgehead atoms. The number of aliphatic hydroxyl groups is 8. The summed E-state index contributed by atoms with van der Waals surface area (Å²) in [6.45, 7) is 2.84. The number of rotatable bonds is 55. The molecule has 2 heterocycles. The average Bonchev–Trinajstić information content (AvgIpc) is 3.49. The van der Waals surface area contributed by atoms with E-state index in [1.54, 1.807) is 6.08 Å². The van der Waals surface area contributed by atoms with Crippen molar-refractivity contribution in [2.24, 2.45) is 0 Å². The van der Waals surface area contributed by atoms with Gasteiger partial charge >= 0.3 is 0 Å². The number of carbonyl (C=O) groups excluding carboxylic acids is 1. The van der Waals surface area contributed by atoms with Crippen LogP contribution in [0.25, 0.3) is 0 Å². The van der Waals surface area contributed by atoms with Crippen LogP contribution in [0.1, 0.15) is 296 Å². The van der Waals surface area contributed by atoms with Crippen LogP contribution in [-0.4, -0.2) is 140 Å². The molecular formula is C66H125NO13. The second kappa shape index (κ2) is 51.9. The number of aliphatic hydroxyl groups excluding tert-OH is 8. The number of carbonyl (C=O) groups is 1. The van der Waals surface area contributed by atoms with Crippen molar-refractivity contribution >= 4 is 5.91 Å². The van der Waals surface area contributed by atoms with Crippen molar-refractivity contribution in [2.45, 2.75) is 370 Å². The van der Waals surface area contributed by atoms with E-state index in [9.17, 15) is 45.6 Å². The van der Waals surface area contributed by atoms with Crippen LogP contribution in [0.5, 0.6) is 0 Å². The fourth-order valence-electron chi connectivity index (χ4n) is 11.2. The molecule has 0 aromatic heterocycles. The van der Waals surface area contributed by atoms with Gasteiger partial charge in [-0.15, -0.1) is 0 Å². The molecule has 2 aliphatic heterocycles. The van der Waals surface area contributed by atoms with Gasteiger partial charge < -0.3 is 65.1 Å². The van der Waals surface area contributed by atoms with Crippen molar-refractivity contribution in [3.63, 3.8) is 0 Å². The Balaban J connectivity index is 1.69. The molecule has 0 aliphatic carbocycles. The van der Waals surface area contributed by atoms with Crippen LogP contribution in [0.15, 0.2) is 24.3 Å². The van der Waals surface area contributed by atoms with Crippen LogP contribution in [-0.2, 0) is 23.7 Å². The number of amides is 1. The standard InChI is InChI=1S/C66H125NO13/c1-3-5-7-9-11-13-15-17-19-21-23-24-25-26-27-28-29-30-32-34-36-38-40-42-44-46-48-50-58(71)67-54(55(70)49-47-45-43-41-39-37-35-33-31-22-20-18-16-14-12-10-8-6-4-2)53-77-65-63(76)61(74)64(57(52-69)79-65)80-66-62(75)60(73)59(72)56(51-68)78-66/h21,23,47,49,54-57,59-66,68-70,72-76H,3-20,22,24-46,48,50-53H2,1-2H3,(H,67,71)/b23-21-,49-47+. The number of allylic oxidation sites excluding steroid dienone is 3. The smallest absolute Gasteiger partial charge is 0.220 e. The molecule has 472 valence electrons. The first-order valence-corrected chi connectivity index (χ1v) is 33.6. The third kappa shape index (κ3) is 36.3. The summed E-state index contributed by atoms with van der Waals surface area (Å²) in [5.41, 5.74) is 0. The molecule has 12 unspecified atom stereocenters. The highest BCUT2D eigenvalue weighted by molar-refractivity contribution is 5.76.